The van der Waals surface area contributed by atoms with Gasteiger partial charge in [-0.15, -0.1) is 0 Å². The van der Waals surface area contributed by atoms with E-state index in [1.165, 1.54) is 0 Å². The molecule has 15 heavy (non-hydrogen) atoms. The van der Waals surface area contributed by atoms with E-state index in [-0.39, 0.29) is 0 Å². The molecule has 0 aliphatic rings. The molecule has 1 atom stereocenters. The molecule has 4 heteroatoms. The molecule has 0 amide bonds. The summed E-state index contributed by atoms with van der Waals surface area (Å²) in [4.78, 5) is 0.605. The van der Waals surface area contributed by atoms with Crippen LogP contribution in [0.15, 0.2) is 29.2 Å². The largest absolute Gasteiger partial charge is 0.330 e. The van der Waals surface area contributed by atoms with Crippen LogP contribution in [0, 0.1) is 0 Å². The lowest BCUT2D eigenvalue weighted by Gasteiger charge is -2.10. The van der Waals surface area contributed by atoms with E-state index in [9.17, 15) is 8.78 Å². The fourth-order valence-electron chi connectivity index (χ4n) is 1.39. The number of nitrogens with two attached hydrogens (primary N) is 1. The zero-order valence-electron chi connectivity index (χ0n) is 8.62. The number of thioether (sulfide) groups is 1. The van der Waals surface area contributed by atoms with Gasteiger partial charge >= 0.3 is 0 Å². The summed E-state index contributed by atoms with van der Waals surface area (Å²) < 4.78 is 24.1. The number of rotatable bonds is 5. The van der Waals surface area contributed by atoms with E-state index in [0.29, 0.717) is 29.1 Å². The average Bonchev–Trinajstić information content (AvgIpc) is 2.18. The van der Waals surface area contributed by atoms with Crippen molar-refractivity contribution < 1.29 is 8.78 Å². The molecule has 1 unspecified atom stereocenters. The highest BCUT2D eigenvalue weighted by Crippen LogP contribution is 2.27. The van der Waals surface area contributed by atoms with Crippen molar-refractivity contribution >= 4 is 11.8 Å². The van der Waals surface area contributed by atoms with Crippen molar-refractivity contribution in [2.45, 2.75) is 29.9 Å². The first-order valence-corrected chi connectivity index (χ1v) is 5.76. The maximum Gasteiger partial charge on any atom is 0.288 e. The molecular formula is C11H15F2NS. The number of hydrogen-bond acceptors (Lipinski definition) is 2. The highest BCUT2D eigenvalue weighted by Gasteiger charge is 2.07. The van der Waals surface area contributed by atoms with Gasteiger partial charge in [-0.1, -0.05) is 30.8 Å². The highest BCUT2D eigenvalue weighted by atomic mass is 32.2. The summed E-state index contributed by atoms with van der Waals surface area (Å²) in [5.74, 6) is -1.96. The maximum atomic E-state index is 12.0. The van der Waals surface area contributed by atoms with Gasteiger partial charge < -0.3 is 5.73 Å². The second kappa shape index (κ2) is 6.08. The van der Waals surface area contributed by atoms with Crippen LogP contribution in [-0.2, 0) is 0 Å². The number of alkyl halides is 2. The summed E-state index contributed by atoms with van der Waals surface area (Å²) in [6, 6.07) is 7.26. The van der Waals surface area contributed by atoms with Gasteiger partial charge in [0.2, 0.25) is 0 Å². The molecule has 0 aromatic heterocycles. The van der Waals surface area contributed by atoms with Crippen LogP contribution >= 0.6 is 11.8 Å². The monoisotopic (exact) mass is 231 g/mol. The minimum Gasteiger partial charge on any atom is -0.330 e. The first-order valence-electron chi connectivity index (χ1n) is 4.88. The lowest BCUT2D eigenvalue weighted by molar-refractivity contribution is 0.252. The molecule has 2 N–H and O–H groups in total. The third kappa shape index (κ3) is 4.18. The molecule has 0 fully saturated rings. The Morgan fingerprint density at radius 3 is 2.33 bits per heavy atom. The van der Waals surface area contributed by atoms with Crippen LogP contribution in [0.4, 0.5) is 8.78 Å². The molecule has 1 aromatic rings. The molecule has 84 valence electrons. The summed E-state index contributed by atoms with van der Waals surface area (Å²) in [6.45, 7) is 2.73. The second-order valence-electron chi connectivity index (χ2n) is 3.43. The highest BCUT2D eigenvalue weighted by molar-refractivity contribution is 7.99. The standard InChI is InChI=1S/C11H15F2NS/c1-8(6-7-14)9-2-4-10(5-3-9)15-11(12)13/h2-5,8,11H,6-7,14H2,1H3. The molecule has 0 saturated carbocycles. The van der Waals surface area contributed by atoms with E-state index >= 15 is 0 Å². The van der Waals surface area contributed by atoms with Crippen LogP contribution in [0.1, 0.15) is 24.8 Å². The van der Waals surface area contributed by atoms with Crippen molar-refractivity contribution in [3.63, 3.8) is 0 Å². The third-order valence-corrected chi connectivity index (χ3v) is 3.00. The van der Waals surface area contributed by atoms with E-state index < -0.39 is 5.76 Å². The third-order valence-electron chi connectivity index (χ3n) is 2.27. The topological polar surface area (TPSA) is 26.0 Å². The quantitative estimate of drug-likeness (QED) is 0.785. The molecule has 1 rings (SSSR count). The summed E-state index contributed by atoms with van der Waals surface area (Å²) in [5, 5.41) is 0. The number of benzene rings is 1. The first-order chi connectivity index (χ1) is 7.13. The van der Waals surface area contributed by atoms with E-state index in [2.05, 4.69) is 6.92 Å². The van der Waals surface area contributed by atoms with Gasteiger partial charge in [0.25, 0.3) is 5.76 Å². The summed E-state index contributed by atoms with van der Waals surface area (Å²) in [5.41, 5.74) is 6.61. The van der Waals surface area contributed by atoms with Gasteiger partial charge in [0, 0.05) is 4.90 Å². The van der Waals surface area contributed by atoms with Gasteiger partial charge in [0.05, 0.1) is 0 Å². The Morgan fingerprint density at radius 2 is 1.87 bits per heavy atom. The first kappa shape index (κ1) is 12.5. The van der Waals surface area contributed by atoms with E-state index in [4.69, 9.17) is 5.73 Å². The van der Waals surface area contributed by atoms with Crippen molar-refractivity contribution in [2.75, 3.05) is 6.54 Å². The van der Waals surface area contributed by atoms with Crippen LogP contribution < -0.4 is 5.73 Å². The maximum absolute atomic E-state index is 12.0. The Balaban J connectivity index is 2.63. The molecule has 0 aliphatic carbocycles. The van der Waals surface area contributed by atoms with Crippen LogP contribution in [0.5, 0.6) is 0 Å². The van der Waals surface area contributed by atoms with Gasteiger partial charge in [-0.05, 0) is 36.6 Å². The second-order valence-corrected chi connectivity index (χ2v) is 4.49. The Kier molecular flexibility index (Phi) is 5.05. The molecule has 0 heterocycles. The lowest BCUT2D eigenvalue weighted by atomic mass is 9.98. The van der Waals surface area contributed by atoms with E-state index in [1.54, 1.807) is 12.1 Å². The SMILES string of the molecule is CC(CCN)c1ccc(SC(F)F)cc1. The molecule has 1 aromatic carbocycles. The smallest absolute Gasteiger partial charge is 0.288 e. The molecule has 0 spiro atoms. The van der Waals surface area contributed by atoms with Crippen LogP contribution in [0.2, 0.25) is 0 Å². The fourth-order valence-corrected chi connectivity index (χ4v) is 1.89. The number of hydrogen-bond donors (Lipinski definition) is 1. The van der Waals surface area contributed by atoms with Gasteiger partial charge in [0.15, 0.2) is 0 Å². The van der Waals surface area contributed by atoms with Gasteiger partial charge in [-0.3, -0.25) is 0 Å². The normalized spacial score (nSPS) is 13.1. The zero-order chi connectivity index (χ0) is 11.3. The molecule has 1 nitrogen and oxygen atoms in total. The van der Waals surface area contributed by atoms with Crippen LogP contribution in [0.25, 0.3) is 0 Å². The Morgan fingerprint density at radius 1 is 1.27 bits per heavy atom. The van der Waals surface area contributed by atoms with Gasteiger partial charge in [-0.25, -0.2) is 0 Å². The van der Waals surface area contributed by atoms with Crippen molar-refractivity contribution in [3.05, 3.63) is 29.8 Å². The summed E-state index contributed by atoms with van der Waals surface area (Å²) in [7, 11) is 0. The van der Waals surface area contributed by atoms with Crippen molar-refractivity contribution in [1.29, 1.82) is 0 Å². The van der Waals surface area contributed by atoms with Gasteiger partial charge in [-0.2, -0.15) is 8.78 Å². The van der Waals surface area contributed by atoms with Crippen LogP contribution in [0.3, 0.4) is 0 Å². The minimum atomic E-state index is -2.35. The molecule has 0 bridgehead atoms. The van der Waals surface area contributed by atoms with Crippen molar-refractivity contribution in [1.82, 2.24) is 0 Å². The Hall–Kier alpha value is -0.610. The molecular weight excluding hydrogens is 216 g/mol. The Bertz CT molecular complexity index is 287. The summed E-state index contributed by atoms with van der Waals surface area (Å²) in [6.07, 6.45) is 0.918. The van der Waals surface area contributed by atoms with E-state index in [0.717, 1.165) is 12.0 Å². The number of halogens is 2. The van der Waals surface area contributed by atoms with Gasteiger partial charge in [0.1, 0.15) is 0 Å². The molecule has 0 aliphatic heterocycles. The minimum absolute atomic E-state index is 0.389. The predicted molar refractivity (Wildman–Crippen MR) is 60.4 cm³/mol. The van der Waals surface area contributed by atoms with Crippen molar-refractivity contribution in [3.8, 4) is 0 Å². The zero-order valence-corrected chi connectivity index (χ0v) is 9.44. The predicted octanol–water partition coefficient (Wildman–Crippen LogP) is 3.45. The summed E-state index contributed by atoms with van der Waals surface area (Å²) >= 11 is 0.574. The average molecular weight is 231 g/mol. The molecule has 0 radical (unpaired) electrons. The van der Waals surface area contributed by atoms with Crippen LogP contribution in [-0.4, -0.2) is 12.3 Å². The Labute approximate surface area is 93.1 Å². The molecule has 0 saturated heterocycles. The fraction of sp³-hybridized carbons (Fsp3) is 0.455. The van der Waals surface area contributed by atoms with E-state index in [1.807, 2.05) is 12.1 Å². The lowest BCUT2D eigenvalue weighted by Crippen LogP contribution is -2.04. The van der Waals surface area contributed by atoms with Crippen molar-refractivity contribution in [2.24, 2.45) is 5.73 Å².